The Morgan fingerprint density at radius 2 is 2.18 bits per heavy atom. The van der Waals surface area contributed by atoms with Crippen molar-refractivity contribution in [1.82, 2.24) is 5.32 Å². The second kappa shape index (κ2) is 7.09. The molecule has 0 aliphatic rings. The standard InChI is InChI=1S/C13H19BrFNO/c1-9(17-3)6-12(16-2)8-10-7-11(15)4-5-13(10)14/h4-5,7,9,12,16H,6,8H2,1-3H3. The first kappa shape index (κ1) is 14.6. The summed E-state index contributed by atoms with van der Waals surface area (Å²) in [6.45, 7) is 2.03. The number of benzene rings is 1. The molecule has 1 aromatic carbocycles. The van der Waals surface area contributed by atoms with Crippen LogP contribution in [0.25, 0.3) is 0 Å². The van der Waals surface area contributed by atoms with Gasteiger partial charge in [-0.15, -0.1) is 0 Å². The Kier molecular flexibility index (Phi) is 6.09. The molecule has 2 nitrogen and oxygen atoms in total. The molecule has 0 aliphatic carbocycles. The van der Waals surface area contributed by atoms with Crippen LogP contribution in [0.4, 0.5) is 4.39 Å². The number of halogens is 2. The molecule has 2 atom stereocenters. The highest BCUT2D eigenvalue weighted by Crippen LogP contribution is 2.20. The molecule has 1 rings (SSSR count). The monoisotopic (exact) mass is 303 g/mol. The highest BCUT2D eigenvalue weighted by molar-refractivity contribution is 9.10. The first-order valence-electron chi connectivity index (χ1n) is 5.70. The van der Waals surface area contributed by atoms with Gasteiger partial charge in [-0.05, 0) is 50.6 Å². The van der Waals surface area contributed by atoms with Crippen LogP contribution in [-0.4, -0.2) is 26.3 Å². The first-order chi connectivity index (χ1) is 8.06. The predicted octanol–water partition coefficient (Wildman–Crippen LogP) is 3.14. The van der Waals surface area contributed by atoms with Crippen LogP contribution in [0.1, 0.15) is 18.9 Å². The third-order valence-corrected chi connectivity index (χ3v) is 3.67. The van der Waals surface area contributed by atoms with Crippen molar-refractivity contribution in [2.24, 2.45) is 0 Å². The Morgan fingerprint density at radius 1 is 1.47 bits per heavy atom. The zero-order chi connectivity index (χ0) is 12.8. The summed E-state index contributed by atoms with van der Waals surface area (Å²) >= 11 is 3.45. The molecule has 0 saturated carbocycles. The summed E-state index contributed by atoms with van der Waals surface area (Å²) in [7, 11) is 3.62. The van der Waals surface area contributed by atoms with Gasteiger partial charge in [0.25, 0.3) is 0 Å². The summed E-state index contributed by atoms with van der Waals surface area (Å²) < 4.78 is 19.4. The molecule has 0 amide bonds. The van der Waals surface area contributed by atoms with Crippen molar-refractivity contribution in [1.29, 1.82) is 0 Å². The molecular weight excluding hydrogens is 285 g/mol. The quantitative estimate of drug-likeness (QED) is 0.872. The Balaban J connectivity index is 2.69. The van der Waals surface area contributed by atoms with Crippen molar-refractivity contribution >= 4 is 15.9 Å². The van der Waals surface area contributed by atoms with Gasteiger partial charge in [0, 0.05) is 17.6 Å². The van der Waals surface area contributed by atoms with E-state index in [2.05, 4.69) is 21.2 Å². The summed E-state index contributed by atoms with van der Waals surface area (Å²) in [4.78, 5) is 0. The molecule has 17 heavy (non-hydrogen) atoms. The van der Waals surface area contributed by atoms with Gasteiger partial charge in [0.15, 0.2) is 0 Å². The van der Waals surface area contributed by atoms with Crippen LogP contribution in [0.2, 0.25) is 0 Å². The SMILES string of the molecule is CNC(Cc1cc(F)ccc1Br)CC(C)OC. The van der Waals surface area contributed by atoms with E-state index in [1.165, 1.54) is 6.07 Å². The summed E-state index contributed by atoms with van der Waals surface area (Å²) in [5, 5.41) is 3.24. The maximum atomic E-state index is 13.2. The number of methoxy groups -OCH3 is 1. The molecule has 1 aromatic rings. The lowest BCUT2D eigenvalue weighted by Crippen LogP contribution is -2.31. The van der Waals surface area contributed by atoms with Crippen LogP contribution < -0.4 is 5.32 Å². The molecule has 0 saturated heterocycles. The molecule has 1 N–H and O–H groups in total. The summed E-state index contributed by atoms with van der Waals surface area (Å²) in [5.74, 6) is -0.196. The number of hydrogen-bond acceptors (Lipinski definition) is 2. The number of nitrogens with one attached hydrogen (secondary N) is 1. The molecule has 0 radical (unpaired) electrons. The summed E-state index contributed by atoms with van der Waals surface area (Å²) in [5.41, 5.74) is 0.979. The minimum Gasteiger partial charge on any atom is -0.382 e. The molecule has 0 aliphatic heterocycles. The Morgan fingerprint density at radius 3 is 2.76 bits per heavy atom. The molecule has 0 spiro atoms. The minimum atomic E-state index is -0.196. The average molecular weight is 304 g/mol. The van der Waals surface area contributed by atoms with Crippen molar-refractivity contribution in [3.8, 4) is 0 Å². The molecule has 2 unspecified atom stereocenters. The second-order valence-corrected chi connectivity index (χ2v) is 5.06. The van der Waals surface area contributed by atoms with Crippen LogP contribution in [0.5, 0.6) is 0 Å². The Labute approximate surface area is 111 Å². The maximum absolute atomic E-state index is 13.2. The fourth-order valence-corrected chi connectivity index (χ4v) is 2.17. The van der Waals surface area contributed by atoms with Gasteiger partial charge in [0.05, 0.1) is 6.10 Å². The molecule has 96 valence electrons. The largest absolute Gasteiger partial charge is 0.382 e. The normalized spacial score (nSPS) is 14.6. The van der Waals surface area contributed by atoms with Gasteiger partial charge < -0.3 is 10.1 Å². The molecule has 0 fully saturated rings. The van der Waals surface area contributed by atoms with E-state index in [1.807, 2.05) is 14.0 Å². The van der Waals surface area contributed by atoms with Crippen LogP contribution in [0.15, 0.2) is 22.7 Å². The van der Waals surface area contributed by atoms with E-state index < -0.39 is 0 Å². The molecule has 0 bridgehead atoms. The van der Waals surface area contributed by atoms with E-state index in [1.54, 1.807) is 19.2 Å². The third kappa shape index (κ3) is 4.74. The fourth-order valence-electron chi connectivity index (χ4n) is 1.77. The van der Waals surface area contributed by atoms with E-state index in [4.69, 9.17) is 4.74 Å². The van der Waals surface area contributed by atoms with E-state index >= 15 is 0 Å². The lowest BCUT2D eigenvalue weighted by Gasteiger charge is -2.20. The summed E-state index contributed by atoms with van der Waals surface area (Å²) in [6.07, 6.45) is 1.87. The van der Waals surface area contributed by atoms with Crippen molar-refractivity contribution in [2.75, 3.05) is 14.2 Å². The van der Waals surface area contributed by atoms with Crippen molar-refractivity contribution < 1.29 is 9.13 Å². The van der Waals surface area contributed by atoms with Gasteiger partial charge in [0.2, 0.25) is 0 Å². The van der Waals surface area contributed by atoms with Gasteiger partial charge >= 0.3 is 0 Å². The van der Waals surface area contributed by atoms with Crippen LogP contribution in [0, 0.1) is 5.82 Å². The van der Waals surface area contributed by atoms with E-state index in [9.17, 15) is 4.39 Å². The highest BCUT2D eigenvalue weighted by Gasteiger charge is 2.13. The molecule has 0 heterocycles. The fraction of sp³-hybridized carbons (Fsp3) is 0.538. The van der Waals surface area contributed by atoms with Crippen molar-refractivity contribution in [3.05, 3.63) is 34.1 Å². The number of hydrogen-bond donors (Lipinski definition) is 1. The van der Waals surface area contributed by atoms with Crippen LogP contribution >= 0.6 is 15.9 Å². The topological polar surface area (TPSA) is 21.3 Å². The van der Waals surface area contributed by atoms with E-state index in [-0.39, 0.29) is 18.0 Å². The zero-order valence-electron chi connectivity index (χ0n) is 10.5. The molecular formula is C13H19BrFNO. The van der Waals surface area contributed by atoms with E-state index in [0.29, 0.717) is 0 Å². The number of ether oxygens (including phenoxy) is 1. The number of rotatable bonds is 6. The van der Waals surface area contributed by atoms with Gasteiger partial charge in [-0.2, -0.15) is 0 Å². The van der Waals surface area contributed by atoms with Gasteiger partial charge in [0.1, 0.15) is 5.82 Å². The highest BCUT2D eigenvalue weighted by atomic mass is 79.9. The summed E-state index contributed by atoms with van der Waals surface area (Å²) in [6, 6.07) is 5.06. The molecule has 4 heteroatoms. The second-order valence-electron chi connectivity index (χ2n) is 4.21. The van der Waals surface area contributed by atoms with Gasteiger partial charge in [-0.1, -0.05) is 15.9 Å². The maximum Gasteiger partial charge on any atom is 0.123 e. The zero-order valence-corrected chi connectivity index (χ0v) is 12.1. The predicted molar refractivity (Wildman–Crippen MR) is 71.7 cm³/mol. The Bertz CT molecular complexity index is 359. The Hall–Kier alpha value is -0.450. The van der Waals surface area contributed by atoms with E-state index in [0.717, 1.165) is 22.9 Å². The third-order valence-electron chi connectivity index (χ3n) is 2.90. The minimum absolute atomic E-state index is 0.194. The van der Waals surface area contributed by atoms with Gasteiger partial charge in [-0.25, -0.2) is 4.39 Å². The van der Waals surface area contributed by atoms with Gasteiger partial charge in [-0.3, -0.25) is 0 Å². The lowest BCUT2D eigenvalue weighted by molar-refractivity contribution is 0.101. The number of likely N-dealkylation sites (N-methyl/N-ethyl adjacent to an activating group) is 1. The molecule has 0 aromatic heterocycles. The van der Waals surface area contributed by atoms with Crippen molar-refractivity contribution in [3.63, 3.8) is 0 Å². The van der Waals surface area contributed by atoms with Crippen LogP contribution in [0.3, 0.4) is 0 Å². The van der Waals surface area contributed by atoms with Crippen molar-refractivity contribution in [2.45, 2.75) is 31.9 Å². The lowest BCUT2D eigenvalue weighted by atomic mass is 10.0. The van der Waals surface area contributed by atoms with Crippen LogP contribution in [-0.2, 0) is 11.2 Å². The smallest absolute Gasteiger partial charge is 0.123 e. The average Bonchev–Trinajstić information content (AvgIpc) is 2.32. The first-order valence-corrected chi connectivity index (χ1v) is 6.50.